The molecule has 1 aromatic carbocycles. The van der Waals surface area contributed by atoms with Crippen molar-refractivity contribution in [2.45, 2.75) is 64.1 Å². The number of aliphatic hydroxyl groups is 3. The summed E-state index contributed by atoms with van der Waals surface area (Å²) < 4.78 is 0. The van der Waals surface area contributed by atoms with Crippen molar-refractivity contribution >= 4 is 34.8 Å². The molecule has 0 spiro atoms. The van der Waals surface area contributed by atoms with Crippen molar-refractivity contribution in [3.05, 3.63) is 44.7 Å². The third kappa shape index (κ3) is 4.92. The van der Waals surface area contributed by atoms with Crippen LogP contribution in [0, 0.1) is 23.7 Å². The van der Waals surface area contributed by atoms with E-state index in [2.05, 4.69) is 18.7 Å². The van der Waals surface area contributed by atoms with Crippen molar-refractivity contribution < 1.29 is 34.8 Å². The number of hydrogen-bond donors (Lipinski definition) is 5. The highest BCUT2D eigenvalue weighted by Crippen LogP contribution is 2.53. The van der Waals surface area contributed by atoms with E-state index in [4.69, 9.17) is 17.3 Å². The number of halogens is 1. The summed E-state index contributed by atoms with van der Waals surface area (Å²) in [7, 11) is 3.14. The Morgan fingerprint density at radius 3 is 2.43 bits per heavy atom. The van der Waals surface area contributed by atoms with E-state index in [0.717, 1.165) is 25.1 Å². The van der Waals surface area contributed by atoms with Gasteiger partial charge in [-0.2, -0.15) is 0 Å². The number of carbonyl (C=O) groups excluding carboxylic acids is 3. The molecule has 10 nitrogen and oxygen atoms in total. The zero-order valence-electron chi connectivity index (χ0n) is 24.5. The maximum absolute atomic E-state index is 14.0. The Morgan fingerprint density at radius 1 is 1.19 bits per heavy atom. The van der Waals surface area contributed by atoms with Crippen molar-refractivity contribution in [2.24, 2.45) is 29.4 Å². The summed E-state index contributed by atoms with van der Waals surface area (Å²) in [5.74, 6) is -5.56. The van der Waals surface area contributed by atoms with E-state index in [1.807, 2.05) is 0 Å². The summed E-state index contributed by atoms with van der Waals surface area (Å²) in [6, 6.07) is 0.386. The predicted molar refractivity (Wildman–Crippen MR) is 157 cm³/mol. The minimum atomic E-state index is -2.66. The Kier molecular flexibility index (Phi) is 7.98. The second-order valence-electron chi connectivity index (χ2n) is 13.0. The van der Waals surface area contributed by atoms with Crippen LogP contribution in [0.3, 0.4) is 0 Å². The van der Waals surface area contributed by atoms with Crippen LogP contribution in [-0.4, -0.2) is 86.5 Å². The topological polar surface area (TPSA) is 165 Å². The number of benzene rings is 1. The second kappa shape index (κ2) is 11.0. The summed E-state index contributed by atoms with van der Waals surface area (Å²) in [5, 5.41) is 45.6. The number of nitrogens with two attached hydrogens (primary N) is 1. The third-order valence-electron chi connectivity index (χ3n) is 9.36. The first-order valence-electron chi connectivity index (χ1n) is 14.6. The smallest absolute Gasteiger partial charge is 0.255 e. The molecule has 0 aromatic heterocycles. The monoisotopic (exact) mass is 601 g/mol. The maximum Gasteiger partial charge on any atom is 0.255 e. The summed E-state index contributed by atoms with van der Waals surface area (Å²) in [4.78, 5) is 43.2. The van der Waals surface area contributed by atoms with Gasteiger partial charge in [-0.3, -0.25) is 24.2 Å². The molecular formula is C31H40ClN3O7. The van der Waals surface area contributed by atoms with Crippen LogP contribution in [-0.2, 0) is 27.3 Å². The quantitative estimate of drug-likeness (QED) is 0.268. The Bertz CT molecular complexity index is 1410. The van der Waals surface area contributed by atoms with Crippen LogP contribution >= 0.6 is 11.6 Å². The Hall–Kier alpha value is -2.92. The van der Waals surface area contributed by atoms with Gasteiger partial charge in [-0.15, -0.1) is 0 Å². The molecule has 2 fully saturated rings. The minimum absolute atomic E-state index is 0.0102. The SMILES string of the molecule is CC(C)CCN(Cc1cc(O)c2c(c1Cl)C[C@H]1C[C@H]3[C@H](N(C)C)C(=O)C(C(N)=O)=C(O)[C@@]3(O)C(=O)C1=C2O)CC1CC1. The molecule has 6 N–H and O–H groups in total. The molecule has 2 saturated carbocycles. The molecule has 1 aromatic rings. The molecule has 0 unspecified atom stereocenters. The van der Waals surface area contributed by atoms with E-state index < -0.39 is 58.0 Å². The summed E-state index contributed by atoms with van der Waals surface area (Å²) in [5.41, 5.74) is 2.92. The van der Waals surface area contributed by atoms with Crippen molar-refractivity contribution in [1.29, 1.82) is 0 Å². The van der Waals surface area contributed by atoms with Gasteiger partial charge in [0.15, 0.2) is 11.4 Å². The molecule has 4 atom stereocenters. The van der Waals surface area contributed by atoms with Crippen LogP contribution in [0.4, 0.5) is 0 Å². The van der Waals surface area contributed by atoms with Crippen LogP contribution in [0.15, 0.2) is 23.0 Å². The van der Waals surface area contributed by atoms with Gasteiger partial charge >= 0.3 is 0 Å². The lowest BCUT2D eigenvalue weighted by Crippen LogP contribution is -2.65. The molecule has 4 aliphatic carbocycles. The van der Waals surface area contributed by atoms with E-state index in [1.54, 1.807) is 14.1 Å². The number of aliphatic hydroxyl groups excluding tert-OH is 2. The van der Waals surface area contributed by atoms with Gasteiger partial charge < -0.3 is 26.2 Å². The van der Waals surface area contributed by atoms with Crippen molar-refractivity contribution in [1.82, 2.24) is 9.80 Å². The Morgan fingerprint density at radius 2 is 1.86 bits per heavy atom. The molecule has 0 aliphatic heterocycles. The van der Waals surface area contributed by atoms with E-state index in [9.17, 15) is 34.8 Å². The standard InChI is InChI=1S/C31H40ClN3O7/c1-14(2)7-8-35(12-15-5-6-15)13-17-11-20(36)22-18(24(17)32)9-16-10-19-25(34(3)4)27(38)23(30(33)41)29(40)31(19,42)28(39)21(16)26(22)37/h11,14-16,19,25,36-37,40,42H,5-10,12-13H2,1-4H3,(H2,33,41)/t16-,19-,25-,31-/m0/s1. The van der Waals surface area contributed by atoms with Crippen LogP contribution in [0.2, 0.25) is 5.02 Å². The van der Waals surface area contributed by atoms with Gasteiger partial charge in [-0.05, 0) is 87.7 Å². The number of nitrogens with zero attached hydrogens (tertiary/aromatic N) is 2. The molecule has 5 rings (SSSR count). The van der Waals surface area contributed by atoms with Gasteiger partial charge in [0.2, 0.25) is 5.78 Å². The minimum Gasteiger partial charge on any atom is -0.508 e. The number of ketones is 2. The third-order valence-corrected chi connectivity index (χ3v) is 9.83. The normalized spacial score (nSPS) is 27.6. The number of phenolic OH excluding ortho intramolecular Hbond substituents is 1. The van der Waals surface area contributed by atoms with Gasteiger partial charge in [0.05, 0.1) is 11.6 Å². The number of carbonyl (C=O) groups is 3. The van der Waals surface area contributed by atoms with E-state index in [1.165, 1.54) is 23.8 Å². The first-order valence-corrected chi connectivity index (χ1v) is 15.0. The zero-order chi connectivity index (χ0) is 30.8. The van der Waals surface area contributed by atoms with Crippen molar-refractivity contribution in [3.8, 4) is 5.75 Å². The average Bonchev–Trinajstić information content (AvgIpc) is 3.71. The largest absolute Gasteiger partial charge is 0.508 e. The van der Waals surface area contributed by atoms with Gasteiger partial charge in [0.1, 0.15) is 22.8 Å². The molecule has 42 heavy (non-hydrogen) atoms. The van der Waals surface area contributed by atoms with Gasteiger partial charge in [0, 0.05) is 29.6 Å². The molecule has 0 radical (unpaired) electrons. The first kappa shape index (κ1) is 30.5. The van der Waals surface area contributed by atoms with Gasteiger partial charge in [0.25, 0.3) is 5.91 Å². The lowest BCUT2D eigenvalue weighted by Gasteiger charge is -2.50. The van der Waals surface area contributed by atoms with Crippen LogP contribution in [0.5, 0.6) is 5.75 Å². The molecule has 0 bridgehead atoms. The van der Waals surface area contributed by atoms with Gasteiger partial charge in [-0.1, -0.05) is 25.4 Å². The van der Waals surface area contributed by atoms with Crippen LogP contribution in [0.1, 0.15) is 56.2 Å². The molecule has 1 amide bonds. The number of fused-ring (bicyclic) bond motifs is 3. The van der Waals surface area contributed by atoms with E-state index in [-0.39, 0.29) is 29.7 Å². The van der Waals surface area contributed by atoms with E-state index >= 15 is 0 Å². The molecular weight excluding hydrogens is 562 g/mol. The summed E-state index contributed by atoms with van der Waals surface area (Å²) >= 11 is 6.97. The fourth-order valence-corrected chi connectivity index (χ4v) is 7.33. The fourth-order valence-electron chi connectivity index (χ4n) is 7.04. The number of likely N-dealkylation sites (N-methyl/N-ethyl adjacent to an activating group) is 1. The number of primary amides is 1. The molecule has 0 heterocycles. The molecule has 0 saturated heterocycles. The molecule has 11 heteroatoms. The first-order chi connectivity index (χ1) is 19.7. The van der Waals surface area contributed by atoms with Gasteiger partial charge in [-0.25, -0.2) is 0 Å². The van der Waals surface area contributed by atoms with Crippen LogP contribution in [0.25, 0.3) is 5.76 Å². The number of rotatable bonds is 9. The van der Waals surface area contributed by atoms with Crippen molar-refractivity contribution in [2.75, 3.05) is 27.2 Å². The Balaban J connectivity index is 1.58. The average molecular weight is 602 g/mol. The maximum atomic E-state index is 14.0. The summed E-state index contributed by atoms with van der Waals surface area (Å²) in [6.45, 7) is 6.71. The highest BCUT2D eigenvalue weighted by atomic mass is 35.5. The van der Waals surface area contributed by atoms with Crippen LogP contribution < -0.4 is 5.73 Å². The fraction of sp³-hybridized carbons (Fsp3) is 0.581. The zero-order valence-corrected chi connectivity index (χ0v) is 25.2. The molecule has 228 valence electrons. The highest BCUT2D eigenvalue weighted by Gasteiger charge is 2.64. The highest BCUT2D eigenvalue weighted by molar-refractivity contribution is 6.32. The lowest BCUT2D eigenvalue weighted by atomic mass is 9.57. The number of Topliss-reactive ketones (excluding diaryl/α,β-unsaturated/α-hetero) is 2. The molecule has 4 aliphatic rings. The van der Waals surface area contributed by atoms with Crippen molar-refractivity contribution in [3.63, 3.8) is 0 Å². The number of hydrogen-bond acceptors (Lipinski definition) is 9. The lowest BCUT2D eigenvalue weighted by molar-refractivity contribution is -0.153. The van der Waals surface area contributed by atoms with E-state index in [0.29, 0.717) is 29.0 Å². The number of amides is 1. The summed E-state index contributed by atoms with van der Waals surface area (Å²) in [6.07, 6.45) is 3.62. The number of phenols is 1. The Labute approximate surface area is 250 Å². The predicted octanol–water partition coefficient (Wildman–Crippen LogP) is 2.88. The number of aromatic hydroxyl groups is 1. The second-order valence-corrected chi connectivity index (χ2v) is 13.4.